The predicted molar refractivity (Wildman–Crippen MR) is 229 cm³/mol. The van der Waals surface area contributed by atoms with Crippen LogP contribution in [0.2, 0.25) is 0 Å². The molecule has 2 unspecified atom stereocenters. The zero-order valence-electron chi connectivity index (χ0n) is 35.7. The molecule has 0 aliphatic heterocycles. The standard InChI is InChI=1S/C45H90NO7P/c1-3-5-7-9-11-13-15-17-19-20-21-22-23-25-27-29-31-33-35-37-40-50-42-44(43-52-54(48,49)51-41-39-46)53-45(47)38-36-34-32-30-28-26-24-18-16-14-12-10-8-6-4-2/h18,24,44H,3-17,19-23,25-43,46H2,1-2H3,(H,48,49)/b24-18-. The van der Waals surface area contributed by atoms with E-state index in [0.717, 1.165) is 44.9 Å². The second-order valence-corrected chi connectivity index (χ2v) is 17.1. The monoisotopic (exact) mass is 788 g/mol. The summed E-state index contributed by atoms with van der Waals surface area (Å²) in [6.45, 7) is 4.96. The molecule has 3 N–H and O–H groups in total. The fraction of sp³-hybridized carbons (Fsp3) is 0.933. The van der Waals surface area contributed by atoms with Gasteiger partial charge in [0.15, 0.2) is 0 Å². The molecule has 0 aromatic rings. The van der Waals surface area contributed by atoms with Crippen LogP contribution in [0.3, 0.4) is 0 Å². The van der Waals surface area contributed by atoms with Crippen molar-refractivity contribution in [2.45, 2.75) is 238 Å². The molecule has 0 spiro atoms. The number of allylic oxidation sites excluding steroid dienone is 2. The highest BCUT2D eigenvalue weighted by Gasteiger charge is 2.25. The molecular weight excluding hydrogens is 697 g/mol. The molecule has 54 heavy (non-hydrogen) atoms. The van der Waals surface area contributed by atoms with Crippen molar-refractivity contribution in [1.29, 1.82) is 0 Å². The van der Waals surface area contributed by atoms with Crippen LogP contribution in [-0.2, 0) is 27.9 Å². The molecule has 0 rings (SSSR count). The van der Waals surface area contributed by atoms with Gasteiger partial charge in [-0.25, -0.2) is 4.57 Å². The van der Waals surface area contributed by atoms with Crippen molar-refractivity contribution in [3.8, 4) is 0 Å². The van der Waals surface area contributed by atoms with E-state index in [1.807, 2.05) is 0 Å². The van der Waals surface area contributed by atoms with Crippen LogP contribution < -0.4 is 5.73 Å². The van der Waals surface area contributed by atoms with Gasteiger partial charge in [0.2, 0.25) is 0 Å². The molecule has 0 bridgehead atoms. The molecule has 0 aliphatic rings. The zero-order valence-corrected chi connectivity index (χ0v) is 36.6. The normalized spacial score (nSPS) is 13.5. The van der Waals surface area contributed by atoms with Gasteiger partial charge in [-0.1, -0.05) is 199 Å². The van der Waals surface area contributed by atoms with Crippen LogP contribution in [0.5, 0.6) is 0 Å². The van der Waals surface area contributed by atoms with E-state index < -0.39 is 13.9 Å². The molecule has 0 saturated heterocycles. The first-order valence-corrected chi connectivity index (χ1v) is 24.7. The Bertz CT molecular complexity index is 843. The lowest BCUT2D eigenvalue weighted by atomic mass is 10.0. The summed E-state index contributed by atoms with van der Waals surface area (Å²) in [6.07, 6.45) is 46.6. The summed E-state index contributed by atoms with van der Waals surface area (Å²) in [4.78, 5) is 22.5. The molecule has 0 radical (unpaired) electrons. The molecule has 2 atom stereocenters. The maximum absolute atomic E-state index is 12.6. The van der Waals surface area contributed by atoms with E-state index in [-0.39, 0.29) is 32.3 Å². The van der Waals surface area contributed by atoms with Crippen LogP contribution in [0.4, 0.5) is 0 Å². The van der Waals surface area contributed by atoms with Crippen LogP contribution in [0.1, 0.15) is 232 Å². The summed E-state index contributed by atoms with van der Waals surface area (Å²) in [5.74, 6) is -0.334. The Balaban J connectivity index is 3.94. The van der Waals surface area contributed by atoms with Crippen molar-refractivity contribution >= 4 is 13.8 Å². The first-order chi connectivity index (χ1) is 26.4. The Morgan fingerprint density at radius 3 is 1.35 bits per heavy atom. The minimum Gasteiger partial charge on any atom is -0.457 e. The second-order valence-electron chi connectivity index (χ2n) is 15.6. The molecule has 322 valence electrons. The fourth-order valence-electron chi connectivity index (χ4n) is 6.76. The van der Waals surface area contributed by atoms with Gasteiger partial charge in [0.1, 0.15) is 6.10 Å². The van der Waals surface area contributed by atoms with Gasteiger partial charge in [0.25, 0.3) is 0 Å². The molecule has 0 saturated carbocycles. The average Bonchev–Trinajstić information content (AvgIpc) is 3.16. The number of rotatable bonds is 45. The van der Waals surface area contributed by atoms with Crippen molar-refractivity contribution in [1.82, 2.24) is 0 Å². The van der Waals surface area contributed by atoms with Gasteiger partial charge in [-0.15, -0.1) is 0 Å². The van der Waals surface area contributed by atoms with Gasteiger partial charge in [-0.3, -0.25) is 13.8 Å². The van der Waals surface area contributed by atoms with Crippen LogP contribution in [-0.4, -0.2) is 49.9 Å². The summed E-state index contributed by atoms with van der Waals surface area (Å²) >= 11 is 0. The third-order valence-corrected chi connectivity index (χ3v) is 11.2. The number of hydrogen-bond acceptors (Lipinski definition) is 7. The first kappa shape index (κ1) is 53.2. The van der Waals surface area contributed by atoms with Gasteiger partial charge >= 0.3 is 13.8 Å². The van der Waals surface area contributed by atoms with Crippen LogP contribution in [0.15, 0.2) is 12.2 Å². The topological polar surface area (TPSA) is 117 Å². The Hall–Kier alpha value is -0.760. The Kier molecular flexibility index (Phi) is 42.8. The van der Waals surface area contributed by atoms with Crippen molar-refractivity contribution in [2.24, 2.45) is 5.73 Å². The summed E-state index contributed by atoms with van der Waals surface area (Å²) in [6, 6.07) is 0. The molecule has 0 amide bonds. The average molecular weight is 788 g/mol. The number of hydrogen-bond donors (Lipinski definition) is 2. The van der Waals surface area contributed by atoms with Gasteiger partial charge in [0, 0.05) is 19.6 Å². The molecule has 0 aromatic carbocycles. The molecular formula is C45H90NO7P. The fourth-order valence-corrected chi connectivity index (χ4v) is 7.52. The van der Waals surface area contributed by atoms with Crippen molar-refractivity contribution < 1.29 is 32.8 Å². The molecule has 9 heteroatoms. The summed E-state index contributed by atoms with van der Waals surface area (Å²) < 4.78 is 33.5. The maximum atomic E-state index is 12.6. The summed E-state index contributed by atoms with van der Waals surface area (Å²) in [5, 5.41) is 0. The number of nitrogens with two attached hydrogens (primary N) is 1. The number of phosphoric acid groups is 1. The number of carbonyl (C=O) groups is 1. The minimum atomic E-state index is -4.27. The number of carbonyl (C=O) groups excluding carboxylic acids is 1. The van der Waals surface area contributed by atoms with Gasteiger partial charge in [0.05, 0.1) is 19.8 Å². The van der Waals surface area contributed by atoms with Gasteiger partial charge in [-0.05, 0) is 38.5 Å². The smallest absolute Gasteiger partial charge is 0.457 e. The lowest BCUT2D eigenvalue weighted by Crippen LogP contribution is -2.28. The first-order valence-electron chi connectivity index (χ1n) is 23.2. The van der Waals surface area contributed by atoms with Crippen molar-refractivity contribution in [3.05, 3.63) is 12.2 Å². The highest BCUT2D eigenvalue weighted by molar-refractivity contribution is 7.47. The van der Waals surface area contributed by atoms with E-state index in [1.54, 1.807) is 0 Å². The third kappa shape index (κ3) is 42.4. The van der Waals surface area contributed by atoms with E-state index in [1.165, 1.54) is 167 Å². The van der Waals surface area contributed by atoms with E-state index in [2.05, 4.69) is 26.0 Å². The Morgan fingerprint density at radius 2 is 0.926 bits per heavy atom. The highest BCUT2D eigenvalue weighted by atomic mass is 31.2. The van der Waals surface area contributed by atoms with Crippen molar-refractivity contribution in [2.75, 3.05) is 33.0 Å². The largest absolute Gasteiger partial charge is 0.472 e. The molecule has 0 aromatic heterocycles. The summed E-state index contributed by atoms with van der Waals surface area (Å²) in [5.41, 5.74) is 5.37. The zero-order chi connectivity index (χ0) is 39.5. The lowest BCUT2D eigenvalue weighted by molar-refractivity contribution is -0.154. The molecule has 0 fully saturated rings. The van der Waals surface area contributed by atoms with Crippen LogP contribution >= 0.6 is 7.82 Å². The predicted octanol–water partition coefficient (Wildman–Crippen LogP) is 13.9. The minimum absolute atomic E-state index is 0.0936. The quantitative estimate of drug-likeness (QED) is 0.0271. The SMILES string of the molecule is CCCCCCCC/C=C\CCCCCCCC(=O)OC(COCCCCCCCCCCCCCCCCCCCCCC)COP(=O)(O)OCCN. The van der Waals surface area contributed by atoms with Crippen LogP contribution in [0, 0.1) is 0 Å². The number of esters is 1. The van der Waals surface area contributed by atoms with Gasteiger partial charge in [-0.2, -0.15) is 0 Å². The molecule has 0 aliphatic carbocycles. The van der Waals surface area contributed by atoms with E-state index in [0.29, 0.717) is 13.0 Å². The van der Waals surface area contributed by atoms with E-state index in [9.17, 15) is 14.3 Å². The number of unbranched alkanes of at least 4 members (excludes halogenated alkanes) is 30. The summed E-state index contributed by atoms with van der Waals surface area (Å²) in [7, 11) is -4.27. The van der Waals surface area contributed by atoms with Gasteiger partial charge < -0.3 is 20.1 Å². The number of ether oxygens (including phenoxy) is 2. The highest BCUT2D eigenvalue weighted by Crippen LogP contribution is 2.43. The Labute approximate surface area is 334 Å². The van der Waals surface area contributed by atoms with E-state index in [4.69, 9.17) is 24.3 Å². The molecule has 8 nitrogen and oxygen atoms in total. The third-order valence-electron chi connectivity index (χ3n) is 10.2. The number of phosphoric ester groups is 1. The Morgan fingerprint density at radius 1 is 0.537 bits per heavy atom. The second kappa shape index (κ2) is 43.4. The lowest BCUT2D eigenvalue weighted by Gasteiger charge is -2.20. The van der Waals surface area contributed by atoms with Crippen LogP contribution in [0.25, 0.3) is 0 Å². The van der Waals surface area contributed by atoms with E-state index >= 15 is 0 Å². The molecule has 0 heterocycles. The maximum Gasteiger partial charge on any atom is 0.472 e. The van der Waals surface area contributed by atoms with Crippen molar-refractivity contribution in [3.63, 3.8) is 0 Å².